The van der Waals surface area contributed by atoms with Crippen molar-refractivity contribution >= 4 is 0 Å². The largest absolute Gasteiger partial charge is 0.487 e. The van der Waals surface area contributed by atoms with Gasteiger partial charge in [-0.2, -0.15) is 13.2 Å². The molecule has 1 N–H and O–H groups in total. The van der Waals surface area contributed by atoms with Gasteiger partial charge in [0, 0.05) is 0 Å². The Morgan fingerprint density at radius 2 is 1.71 bits per heavy atom. The van der Waals surface area contributed by atoms with E-state index in [0.29, 0.717) is 11.3 Å². The predicted molar refractivity (Wildman–Crippen MR) is 94.5 cm³/mol. The van der Waals surface area contributed by atoms with Gasteiger partial charge in [-0.05, 0) is 40.3 Å². The lowest BCUT2D eigenvalue weighted by Crippen LogP contribution is -2.32. The van der Waals surface area contributed by atoms with Gasteiger partial charge in [0.25, 0.3) is 6.43 Å². The Labute approximate surface area is 172 Å². The lowest BCUT2D eigenvalue weighted by atomic mass is 10.1. The summed E-state index contributed by atoms with van der Waals surface area (Å²) in [5, 5.41) is 20.1. The average Bonchev–Trinajstić information content (AvgIpc) is 3.26. The van der Waals surface area contributed by atoms with Crippen molar-refractivity contribution in [3.05, 3.63) is 60.2 Å². The number of tetrazole rings is 1. The van der Waals surface area contributed by atoms with Crippen LogP contribution < -0.4 is 9.47 Å². The third kappa shape index (κ3) is 6.31. The van der Waals surface area contributed by atoms with E-state index in [9.17, 15) is 27.1 Å². The zero-order valence-corrected chi connectivity index (χ0v) is 15.7. The van der Waals surface area contributed by atoms with Crippen molar-refractivity contribution < 1.29 is 36.5 Å². The number of nitrogens with zero attached hydrogens (tertiary/aromatic N) is 5. The molecule has 0 aliphatic rings. The van der Waals surface area contributed by atoms with E-state index in [1.165, 1.54) is 30.5 Å². The molecule has 31 heavy (non-hydrogen) atoms. The second kappa shape index (κ2) is 9.64. The predicted octanol–water partition coefficient (Wildman–Crippen LogP) is 2.80. The number of hydrogen-bond acceptors (Lipinski definition) is 7. The van der Waals surface area contributed by atoms with Crippen LogP contribution in [-0.4, -0.2) is 55.6 Å². The number of aromatic nitrogens is 5. The van der Waals surface area contributed by atoms with Crippen molar-refractivity contribution in [2.75, 3.05) is 6.61 Å². The topological polar surface area (TPSA) is 95.2 Å². The highest BCUT2D eigenvalue weighted by Gasteiger charge is 2.32. The van der Waals surface area contributed by atoms with Crippen molar-refractivity contribution in [3.63, 3.8) is 0 Å². The molecule has 13 heteroatoms. The number of rotatable bonds is 9. The smallest absolute Gasteiger partial charge is 0.422 e. The van der Waals surface area contributed by atoms with Crippen LogP contribution in [-0.2, 0) is 6.61 Å². The third-order valence-corrected chi connectivity index (χ3v) is 4.03. The fourth-order valence-electron chi connectivity index (χ4n) is 2.57. The van der Waals surface area contributed by atoms with Crippen LogP contribution in [0.1, 0.15) is 17.3 Å². The molecule has 0 amide bonds. The molecular weight excluding hydrogens is 429 g/mol. The molecule has 1 aromatic carbocycles. The van der Waals surface area contributed by atoms with Crippen LogP contribution in [0.2, 0.25) is 0 Å². The van der Waals surface area contributed by atoms with Crippen LogP contribution in [0.3, 0.4) is 0 Å². The first kappa shape index (κ1) is 22.3. The molecule has 0 aliphatic heterocycles. The summed E-state index contributed by atoms with van der Waals surface area (Å²) in [6.07, 6.45) is -7.18. The van der Waals surface area contributed by atoms with Gasteiger partial charge in [-0.25, -0.2) is 13.5 Å². The first-order chi connectivity index (χ1) is 14.7. The molecule has 3 aromatic rings. The van der Waals surface area contributed by atoms with Crippen molar-refractivity contribution in [3.8, 4) is 11.5 Å². The standard InChI is InChI=1S/C18H16F5N5O3/c19-17(20)16(29)15(28-10-25-26-27-28)14-6-5-13(7-24-14)30-8-11-1-3-12(4-2-11)31-9-18(21,22)23/h1-7,10,15-17,29H,8-9H2. The second-order valence-electron chi connectivity index (χ2n) is 6.31. The zero-order chi connectivity index (χ0) is 22.4. The minimum atomic E-state index is -4.42. The molecule has 2 aromatic heterocycles. The Morgan fingerprint density at radius 1 is 1.00 bits per heavy atom. The first-order valence-corrected chi connectivity index (χ1v) is 8.79. The molecule has 0 saturated heterocycles. The van der Waals surface area contributed by atoms with Crippen LogP contribution in [0, 0.1) is 0 Å². The first-order valence-electron chi connectivity index (χ1n) is 8.79. The van der Waals surface area contributed by atoms with Crippen molar-refractivity contribution in [2.45, 2.75) is 31.4 Å². The van der Waals surface area contributed by atoms with Crippen LogP contribution in [0.15, 0.2) is 48.9 Å². The number of aliphatic hydroxyl groups excluding tert-OH is 1. The normalized spacial score (nSPS) is 13.8. The van der Waals surface area contributed by atoms with E-state index in [-0.39, 0.29) is 18.1 Å². The Balaban J connectivity index is 1.61. The number of halogens is 5. The van der Waals surface area contributed by atoms with Crippen LogP contribution in [0.5, 0.6) is 11.5 Å². The van der Waals surface area contributed by atoms with Crippen LogP contribution in [0.4, 0.5) is 22.0 Å². The summed E-state index contributed by atoms with van der Waals surface area (Å²) in [6, 6.07) is 7.41. The number of alkyl halides is 5. The van der Waals surface area contributed by atoms with E-state index in [4.69, 9.17) is 4.74 Å². The van der Waals surface area contributed by atoms with E-state index in [1.54, 1.807) is 12.1 Å². The zero-order valence-electron chi connectivity index (χ0n) is 15.7. The lowest BCUT2D eigenvalue weighted by Gasteiger charge is -2.21. The molecule has 2 heterocycles. The van der Waals surface area contributed by atoms with E-state index in [1.807, 2.05) is 0 Å². The van der Waals surface area contributed by atoms with Gasteiger partial charge in [-0.15, -0.1) is 5.10 Å². The highest BCUT2D eigenvalue weighted by atomic mass is 19.4. The van der Waals surface area contributed by atoms with E-state index in [0.717, 1.165) is 11.0 Å². The number of benzene rings is 1. The van der Waals surface area contributed by atoms with Crippen LogP contribution in [0.25, 0.3) is 0 Å². The van der Waals surface area contributed by atoms with E-state index < -0.39 is 31.4 Å². The molecule has 2 unspecified atom stereocenters. The Morgan fingerprint density at radius 3 is 2.26 bits per heavy atom. The van der Waals surface area contributed by atoms with Crippen molar-refractivity contribution in [1.82, 2.24) is 25.2 Å². The fourth-order valence-corrected chi connectivity index (χ4v) is 2.57. The SMILES string of the molecule is OC(C(F)F)C(c1ccc(OCc2ccc(OCC(F)(F)F)cc2)cn1)n1cnnn1. The lowest BCUT2D eigenvalue weighted by molar-refractivity contribution is -0.153. The third-order valence-electron chi connectivity index (χ3n) is 4.03. The molecule has 0 bridgehead atoms. The van der Waals surface area contributed by atoms with Gasteiger partial charge >= 0.3 is 6.18 Å². The van der Waals surface area contributed by atoms with Crippen molar-refractivity contribution in [1.29, 1.82) is 0 Å². The summed E-state index contributed by atoms with van der Waals surface area (Å²) in [5.74, 6) is 0.376. The van der Waals surface area contributed by atoms with Crippen LogP contribution >= 0.6 is 0 Å². The van der Waals surface area contributed by atoms with Gasteiger partial charge in [0.2, 0.25) is 0 Å². The van der Waals surface area contributed by atoms with Gasteiger partial charge in [0.15, 0.2) is 6.61 Å². The Kier molecular flexibility index (Phi) is 6.95. The average molecular weight is 445 g/mol. The highest BCUT2D eigenvalue weighted by molar-refractivity contribution is 5.28. The maximum atomic E-state index is 13.0. The number of aliphatic hydroxyl groups is 1. The van der Waals surface area contributed by atoms with E-state index >= 15 is 0 Å². The van der Waals surface area contributed by atoms with Gasteiger partial charge in [0.05, 0.1) is 11.9 Å². The summed E-state index contributed by atoms with van der Waals surface area (Å²) in [4.78, 5) is 4.05. The molecule has 0 aliphatic carbocycles. The van der Waals surface area contributed by atoms with Gasteiger partial charge < -0.3 is 14.6 Å². The van der Waals surface area contributed by atoms with Gasteiger partial charge in [-0.3, -0.25) is 4.98 Å². The summed E-state index contributed by atoms with van der Waals surface area (Å²) in [7, 11) is 0. The maximum Gasteiger partial charge on any atom is 0.422 e. The van der Waals surface area contributed by atoms with Crippen molar-refractivity contribution in [2.24, 2.45) is 0 Å². The summed E-state index contributed by atoms with van der Waals surface area (Å²) in [6.45, 7) is -1.30. The molecule has 0 fully saturated rings. The molecule has 0 saturated carbocycles. The second-order valence-corrected chi connectivity index (χ2v) is 6.31. The molecule has 0 spiro atoms. The Bertz CT molecular complexity index is 937. The Hall–Kier alpha value is -3.35. The quantitative estimate of drug-likeness (QED) is 0.506. The summed E-state index contributed by atoms with van der Waals surface area (Å²) >= 11 is 0. The maximum absolute atomic E-state index is 13.0. The highest BCUT2D eigenvalue weighted by Crippen LogP contribution is 2.25. The number of pyridine rings is 1. The molecule has 8 nitrogen and oxygen atoms in total. The van der Waals surface area contributed by atoms with Gasteiger partial charge in [-0.1, -0.05) is 12.1 Å². The monoisotopic (exact) mass is 445 g/mol. The molecule has 2 atom stereocenters. The van der Waals surface area contributed by atoms with Gasteiger partial charge in [0.1, 0.15) is 36.6 Å². The number of ether oxygens (including phenoxy) is 2. The van der Waals surface area contributed by atoms with E-state index in [2.05, 4.69) is 25.2 Å². The summed E-state index contributed by atoms with van der Waals surface area (Å²) in [5.41, 5.74) is 0.752. The fraction of sp³-hybridized carbons (Fsp3) is 0.333. The minimum Gasteiger partial charge on any atom is -0.487 e. The molecule has 3 rings (SSSR count). The molecular formula is C18H16F5N5O3. The number of hydrogen-bond donors (Lipinski definition) is 1. The summed E-state index contributed by atoms with van der Waals surface area (Å²) < 4.78 is 73.7. The molecule has 166 valence electrons. The minimum absolute atomic E-state index is 0.0679. The molecule has 0 radical (unpaired) electrons.